The highest BCUT2D eigenvalue weighted by Gasteiger charge is 2.43. The van der Waals surface area contributed by atoms with Crippen molar-refractivity contribution in [3.05, 3.63) is 0 Å². The van der Waals surface area contributed by atoms with Crippen molar-refractivity contribution in [1.82, 2.24) is 4.90 Å². The Bertz CT molecular complexity index is 376. The summed E-state index contributed by atoms with van der Waals surface area (Å²) < 4.78 is 15.0. The Labute approximate surface area is 118 Å². The fourth-order valence-electron chi connectivity index (χ4n) is 1.96. The average Bonchev–Trinajstić information content (AvgIpc) is 2.72. The number of carbonyl (C=O) groups excluding carboxylic acids is 3. The first-order valence-corrected chi connectivity index (χ1v) is 6.53. The van der Waals surface area contributed by atoms with Crippen LogP contribution in [-0.2, 0) is 23.8 Å². The molecule has 0 unspecified atom stereocenters. The zero-order valence-corrected chi connectivity index (χ0v) is 12.3. The highest BCUT2D eigenvalue weighted by molar-refractivity contribution is 5.82. The molecular weight excluding hydrogens is 266 g/mol. The number of rotatable bonds is 4. The van der Waals surface area contributed by atoms with Gasteiger partial charge in [0.25, 0.3) is 6.47 Å². The van der Waals surface area contributed by atoms with E-state index < -0.39 is 29.8 Å². The first-order valence-electron chi connectivity index (χ1n) is 6.53. The zero-order chi connectivity index (χ0) is 15.3. The third kappa shape index (κ3) is 4.40. The fourth-order valence-corrected chi connectivity index (χ4v) is 1.96. The van der Waals surface area contributed by atoms with E-state index in [1.165, 1.54) is 4.90 Å². The highest BCUT2D eigenvalue weighted by Crippen LogP contribution is 2.23. The van der Waals surface area contributed by atoms with Crippen molar-refractivity contribution in [2.45, 2.75) is 51.9 Å². The van der Waals surface area contributed by atoms with Gasteiger partial charge in [0.15, 0.2) is 0 Å². The van der Waals surface area contributed by atoms with Crippen molar-refractivity contribution in [3.63, 3.8) is 0 Å². The molecule has 114 valence electrons. The molecule has 20 heavy (non-hydrogen) atoms. The van der Waals surface area contributed by atoms with Crippen LogP contribution in [0, 0.1) is 0 Å². The summed E-state index contributed by atoms with van der Waals surface area (Å²) in [6.07, 6.45) is -0.918. The maximum absolute atomic E-state index is 12.1. The molecule has 0 aliphatic carbocycles. The second-order valence-electron chi connectivity index (χ2n) is 5.49. The Morgan fingerprint density at radius 2 is 2.00 bits per heavy atom. The summed E-state index contributed by atoms with van der Waals surface area (Å²) in [6.45, 7) is 7.54. The lowest BCUT2D eigenvalue weighted by molar-refractivity contribution is -0.148. The number of hydrogen-bond acceptors (Lipinski definition) is 6. The number of hydrogen-bond donors (Lipinski definition) is 0. The molecule has 7 heteroatoms. The highest BCUT2D eigenvalue weighted by atomic mass is 16.6. The van der Waals surface area contributed by atoms with E-state index in [0.717, 1.165) is 0 Å². The lowest BCUT2D eigenvalue weighted by atomic mass is 10.2. The van der Waals surface area contributed by atoms with Gasteiger partial charge in [0.2, 0.25) is 0 Å². The van der Waals surface area contributed by atoms with Gasteiger partial charge >= 0.3 is 12.1 Å². The summed E-state index contributed by atoms with van der Waals surface area (Å²) in [7, 11) is 0. The van der Waals surface area contributed by atoms with Crippen molar-refractivity contribution in [3.8, 4) is 0 Å². The second kappa shape index (κ2) is 6.58. The zero-order valence-electron chi connectivity index (χ0n) is 12.3. The topological polar surface area (TPSA) is 82.1 Å². The summed E-state index contributed by atoms with van der Waals surface area (Å²) in [4.78, 5) is 35.6. The van der Waals surface area contributed by atoms with E-state index in [0.29, 0.717) is 6.47 Å². The fraction of sp³-hybridized carbons (Fsp3) is 0.769. The maximum Gasteiger partial charge on any atom is 0.411 e. The number of nitrogens with zero attached hydrogens (tertiary/aromatic N) is 1. The lowest BCUT2D eigenvalue weighted by Crippen LogP contribution is -2.44. The van der Waals surface area contributed by atoms with Gasteiger partial charge in [-0.25, -0.2) is 9.59 Å². The summed E-state index contributed by atoms with van der Waals surface area (Å²) in [5, 5.41) is 0. The SMILES string of the molecule is CCOC(=O)[C@@H]1C[C@H](OC=O)CN1C(=O)OC(C)(C)C. The first-order chi connectivity index (χ1) is 9.28. The molecule has 0 bridgehead atoms. The normalized spacial score (nSPS) is 22.3. The Morgan fingerprint density at radius 1 is 1.35 bits per heavy atom. The number of esters is 1. The molecule has 1 aliphatic rings. The predicted molar refractivity (Wildman–Crippen MR) is 68.9 cm³/mol. The van der Waals surface area contributed by atoms with E-state index in [9.17, 15) is 14.4 Å². The predicted octanol–water partition coefficient (Wildman–Crippen LogP) is 1.10. The van der Waals surface area contributed by atoms with Crippen LogP contribution in [0.15, 0.2) is 0 Å². The summed E-state index contributed by atoms with van der Waals surface area (Å²) in [5.41, 5.74) is -0.667. The largest absolute Gasteiger partial charge is 0.464 e. The molecule has 0 spiro atoms. The quantitative estimate of drug-likeness (QED) is 0.437. The van der Waals surface area contributed by atoms with Crippen molar-refractivity contribution in [1.29, 1.82) is 0 Å². The van der Waals surface area contributed by atoms with E-state index in [1.807, 2.05) is 0 Å². The third-order valence-corrected chi connectivity index (χ3v) is 2.70. The molecule has 1 aliphatic heterocycles. The molecule has 0 saturated carbocycles. The molecule has 2 atom stereocenters. The Hall–Kier alpha value is -1.79. The summed E-state index contributed by atoms with van der Waals surface area (Å²) in [6, 6.07) is -0.783. The molecule has 0 N–H and O–H groups in total. The van der Waals surface area contributed by atoms with Gasteiger partial charge in [0.1, 0.15) is 17.7 Å². The number of amides is 1. The van der Waals surface area contributed by atoms with Crippen LogP contribution in [0.25, 0.3) is 0 Å². The van der Waals surface area contributed by atoms with Crippen LogP contribution < -0.4 is 0 Å². The smallest absolute Gasteiger partial charge is 0.411 e. The third-order valence-electron chi connectivity index (χ3n) is 2.70. The second-order valence-corrected chi connectivity index (χ2v) is 5.49. The molecule has 0 radical (unpaired) electrons. The minimum Gasteiger partial charge on any atom is -0.464 e. The molecule has 1 heterocycles. The van der Waals surface area contributed by atoms with E-state index in [4.69, 9.17) is 14.2 Å². The molecule has 1 saturated heterocycles. The van der Waals surface area contributed by atoms with Gasteiger partial charge in [0.05, 0.1) is 13.2 Å². The summed E-state index contributed by atoms with van der Waals surface area (Å²) >= 11 is 0. The van der Waals surface area contributed by atoms with Crippen LogP contribution in [0.2, 0.25) is 0 Å². The molecule has 1 amide bonds. The molecule has 7 nitrogen and oxygen atoms in total. The lowest BCUT2D eigenvalue weighted by Gasteiger charge is -2.27. The van der Waals surface area contributed by atoms with Gasteiger partial charge < -0.3 is 14.2 Å². The Morgan fingerprint density at radius 3 is 2.50 bits per heavy atom. The average molecular weight is 287 g/mol. The van der Waals surface area contributed by atoms with Crippen molar-refractivity contribution >= 4 is 18.5 Å². The standard InChI is InChI=1S/C13H21NO6/c1-5-18-11(16)10-6-9(19-8-15)7-14(10)12(17)20-13(2,3)4/h8-10H,5-7H2,1-4H3/t9-,10-/m0/s1. The van der Waals surface area contributed by atoms with Crippen LogP contribution >= 0.6 is 0 Å². The van der Waals surface area contributed by atoms with E-state index in [1.54, 1.807) is 27.7 Å². The monoisotopic (exact) mass is 287 g/mol. The van der Waals surface area contributed by atoms with Crippen molar-refractivity contribution < 1.29 is 28.6 Å². The van der Waals surface area contributed by atoms with Gasteiger partial charge in [-0.05, 0) is 27.7 Å². The minimum atomic E-state index is -0.783. The number of ether oxygens (including phenoxy) is 3. The van der Waals surface area contributed by atoms with Gasteiger partial charge in [-0.3, -0.25) is 9.69 Å². The Balaban J connectivity index is 2.79. The van der Waals surface area contributed by atoms with Gasteiger partial charge in [-0.1, -0.05) is 0 Å². The minimum absolute atomic E-state index is 0.122. The van der Waals surface area contributed by atoms with Crippen LogP contribution in [0.4, 0.5) is 4.79 Å². The molecule has 1 fully saturated rings. The molecular formula is C13H21NO6. The van der Waals surface area contributed by atoms with Crippen LogP contribution in [0.3, 0.4) is 0 Å². The van der Waals surface area contributed by atoms with Gasteiger partial charge in [-0.2, -0.15) is 0 Å². The van der Waals surface area contributed by atoms with E-state index >= 15 is 0 Å². The van der Waals surface area contributed by atoms with Crippen molar-refractivity contribution in [2.75, 3.05) is 13.2 Å². The molecule has 0 aromatic rings. The molecule has 0 aromatic carbocycles. The number of likely N-dealkylation sites (tertiary alicyclic amines) is 1. The van der Waals surface area contributed by atoms with Crippen molar-refractivity contribution in [2.24, 2.45) is 0 Å². The van der Waals surface area contributed by atoms with E-state index in [-0.39, 0.29) is 19.6 Å². The maximum atomic E-state index is 12.1. The van der Waals surface area contributed by atoms with E-state index in [2.05, 4.69) is 0 Å². The Kier molecular flexibility index (Phi) is 5.35. The van der Waals surface area contributed by atoms with Gasteiger partial charge in [0, 0.05) is 6.42 Å². The van der Waals surface area contributed by atoms with Gasteiger partial charge in [-0.15, -0.1) is 0 Å². The first kappa shape index (κ1) is 16.3. The summed E-state index contributed by atoms with van der Waals surface area (Å²) in [5.74, 6) is -0.518. The number of carbonyl (C=O) groups is 3. The molecule has 1 rings (SSSR count). The van der Waals surface area contributed by atoms with Crippen LogP contribution in [-0.4, -0.2) is 54.3 Å². The van der Waals surface area contributed by atoms with Crippen LogP contribution in [0.5, 0.6) is 0 Å². The van der Waals surface area contributed by atoms with Crippen LogP contribution in [0.1, 0.15) is 34.1 Å². The molecule has 0 aromatic heterocycles.